The van der Waals surface area contributed by atoms with E-state index in [1.807, 2.05) is 30.5 Å². The van der Waals surface area contributed by atoms with Crippen LogP contribution in [0.5, 0.6) is 0 Å². The van der Waals surface area contributed by atoms with Crippen LogP contribution in [0.2, 0.25) is 0 Å². The number of rotatable bonds is 3. The fourth-order valence-corrected chi connectivity index (χ4v) is 3.71. The fourth-order valence-electron chi connectivity index (χ4n) is 3.56. The number of aromatic amines is 1. The van der Waals surface area contributed by atoms with Gasteiger partial charge in [0.05, 0.1) is 18.9 Å². The van der Waals surface area contributed by atoms with Crippen LogP contribution in [0.25, 0.3) is 33.4 Å². The second-order valence-corrected chi connectivity index (χ2v) is 7.22. The molecule has 1 N–H and O–H groups in total. The summed E-state index contributed by atoms with van der Waals surface area (Å²) in [4.78, 5) is 12.8. The van der Waals surface area contributed by atoms with Crippen molar-refractivity contribution in [3.05, 3.63) is 54.9 Å². The van der Waals surface area contributed by atoms with Crippen LogP contribution >= 0.6 is 12.6 Å². The number of aromatic nitrogens is 4. The van der Waals surface area contributed by atoms with E-state index in [9.17, 15) is 0 Å². The van der Waals surface area contributed by atoms with Crippen molar-refractivity contribution in [2.75, 3.05) is 31.2 Å². The number of hydrogen-bond acceptors (Lipinski definition) is 6. The number of pyridine rings is 2. The standard InChI is InChI=1S/C21H19N5OS/c28-15-3-1-14(2-4-15)17-13-19(26-9-11-27-12-10-26)24-20-16(17)5-7-22-21(20)18-6-8-23-25-18/h1-8,13,28H,9-12H2,(H,23,25). The van der Waals surface area contributed by atoms with E-state index in [-0.39, 0.29) is 0 Å². The molecular formula is C21H19N5OS. The van der Waals surface area contributed by atoms with Gasteiger partial charge in [-0.1, -0.05) is 12.1 Å². The second kappa shape index (κ2) is 7.26. The lowest BCUT2D eigenvalue weighted by atomic mass is 10.00. The molecule has 1 fully saturated rings. The van der Waals surface area contributed by atoms with E-state index in [0.29, 0.717) is 13.2 Å². The number of ether oxygens (including phenoxy) is 1. The molecule has 1 aromatic carbocycles. The van der Waals surface area contributed by atoms with Crippen LogP contribution in [0.3, 0.4) is 0 Å². The van der Waals surface area contributed by atoms with Crippen molar-refractivity contribution in [3.8, 4) is 22.5 Å². The molecule has 0 radical (unpaired) electrons. The zero-order valence-corrected chi connectivity index (χ0v) is 16.1. The first-order valence-electron chi connectivity index (χ1n) is 9.21. The maximum atomic E-state index is 5.52. The van der Waals surface area contributed by atoms with Gasteiger partial charge < -0.3 is 9.64 Å². The molecule has 4 heterocycles. The molecule has 1 aliphatic rings. The van der Waals surface area contributed by atoms with Crippen molar-refractivity contribution in [2.45, 2.75) is 4.90 Å². The third-order valence-electron chi connectivity index (χ3n) is 4.98. The molecule has 0 amide bonds. The van der Waals surface area contributed by atoms with Gasteiger partial charge in [-0.15, -0.1) is 12.6 Å². The lowest BCUT2D eigenvalue weighted by Crippen LogP contribution is -2.36. The van der Waals surface area contributed by atoms with Gasteiger partial charge in [0.25, 0.3) is 0 Å². The van der Waals surface area contributed by atoms with Crippen molar-refractivity contribution in [2.24, 2.45) is 0 Å². The lowest BCUT2D eigenvalue weighted by molar-refractivity contribution is 0.122. The molecule has 3 aromatic heterocycles. The zero-order chi connectivity index (χ0) is 18.9. The van der Waals surface area contributed by atoms with Crippen LogP contribution in [0, 0.1) is 0 Å². The van der Waals surface area contributed by atoms with Crippen LogP contribution < -0.4 is 4.90 Å². The third kappa shape index (κ3) is 3.12. The number of nitrogens with zero attached hydrogens (tertiary/aromatic N) is 4. The van der Waals surface area contributed by atoms with Crippen LogP contribution in [-0.2, 0) is 4.74 Å². The highest BCUT2D eigenvalue weighted by molar-refractivity contribution is 7.80. The van der Waals surface area contributed by atoms with Crippen LogP contribution in [0.4, 0.5) is 5.82 Å². The highest BCUT2D eigenvalue weighted by Crippen LogP contribution is 2.35. The highest BCUT2D eigenvalue weighted by atomic mass is 32.1. The molecule has 4 aromatic rings. The van der Waals surface area contributed by atoms with Crippen LogP contribution in [0.15, 0.2) is 59.8 Å². The van der Waals surface area contributed by atoms with Crippen molar-refractivity contribution >= 4 is 29.3 Å². The van der Waals surface area contributed by atoms with E-state index in [4.69, 9.17) is 9.72 Å². The van der Waals surface area contributed by atoms with Crippen molar-refractivity contribution < 1.29 is 4.74 Å². The molecule has 28 heavy (non-hydrogen) atoms. The summed E-state index contributed by atoms with van der Waals surface area (Å²) < 4.78 is 5.52. The van der Waals surface area contributed by atoms with Crippen molar-refractivity contribution in [3.63, 3.8) is 0 Å². The monoisotopic (exact) mass is 389 g/mol. The van der Waals surface area contributed by atoms with E-state index in [0.717, 1.165) is 57.2 Å². The minimum atomic E-state index is 0.712. The summed E-state index contributed by atoms with van der Waals surface area (Å²) in [7, 11) is 0. The van der Waals surface area contributed by atoms with Gasteiger partial charge in [-0.2, -0.15) is 5.10 Å². The van der Waals surface area contributed by atoms with Crippen LogP contribution in [-0.4, -0.2) is 46.5 Å². The molecule has 0 spiro atoms. The van der Waals surface area contributed by atoms with Crippen molar-refractivity contribution in [1.82, 2.24) is 20.2 Å². The molecule has 1 saturated heterocycles. The summed E-state index contributed by atoms with van der Waals surface area (Å²) in [6.07, 6.45) is 3.55. The maximum absolute atomic E-state index is 5.52. The van der Waals surface area contributed by atoms with E-state index in [2.05, 4.69) is 50.9 Å². The Labute approximate surface area is 168 Å². The first kappa shape index (κ1) is 17.2. The number of H-pyrrole nitrogens is 1. The number of benzene rings is 1. The quantitative estimate of drug-likeness (QED) is 0.522. The molecule has 0 bridgehead atoms. The Kier molecular flexibility index (Phi) is 4.46. The Morgan fingerprint density at radius 3 is 2.57 bits per heavy atom. The van der Waals surface area contributed by atoms with Gasteiger partial charge >= 0.3 is 0 Å². The molecule has 5 rings (SSSR count). The summed E-state index contributed by atoms with van der Waals surface area (Å²) in [5, 5.41) is 8.15. The van der Waals surface area contributed by atoms with Crippen LogP contribution in [0.1, 0.15) is 0 Å². The van der Waals surface area contributed by atoms with E-state index in [1.54, 1.807) is 6.20 Å². The Morgan fingerprint density at radius 1 is 1.00 bits per heavy atom. The first-order valence-corrected chi connectivity index (χ1v) is 9.66. The largest absolute Gasteiger partial charge is 0.378 e. The normalized spacial score (nSPS) is 14.5. The average molecular weight is 389 g/mol. The number of hydrogen-bond donors (Lipinski definition) is 2. The van der Waals surface area contributed by atoms with E-state index >= 15 is 0 Å². The second-order valence-electron chi connectivity index (χ2n) is 6.70. The first-order chi connectivity index (χ1) is 13.8. The summed E-state index contributed by atoms with van der Waals surface area (Å²) >= 11 is 4.42. The number of thiol groups is 1. The molecule has 0 saturated carbocycles. The zero-order valence-electron chi connectivity index (χ0n) is 15.2. The number of nitrogens with one attached hydrogen (secondary N) is 1. The topological polar surface area (TPSA) is 66.9 Å². The molecule has 7 heteroatoms. The van der Waals surface area contributed by atoms with Gasteiger partial charge in [0.1, 0.15) is 17.0 Å². The Bertz CT molecular complexity index is 1110. The summed E-state index contributed by atoms with van der Waals surface area (Å²) in [5.41, 5.74) is 4.77. The number of fused-ring (bicyclic) bond motifs is 1. The molecule has 0 unspecified atom stereocenters. The van der Waals surface area contributed by atoms with E-state index < -0.39 is 0 Å². The molecule has 140 valence electrons. The lowest BCUT2D eigenvalue weighted by Gasteiger charge is -2.28. The molecule has 1 aliphatic heterocycles. The van der Waals surface area contributed by atoms with Crippen molar-refractivity contribution in [1.29, 1.82) is 0 Å². The van der Waals surface area contributed by atoms with Gasteiger partial charge in [-0.3, -0.25) is 10.1 Å². The smallest absolute Gasteiger partial charge is 0.130 e. The van der Waals surface area contributed by atoms with Gasteiger partial charge in [-0.05, 0) is 41.5 Å². The Morgan fingerprint density at radius 2 is 1.82 bits per heavy atom. The number of morpholine rings is 1. The minimum absolute atomic E-state index is 0.712. The van der Waals surface area contributed by atoms with Gasteiger partial charge in [0.2, 0.25) is 0 Å². The molecule has 0 aliphatic carbocycles. The summed E-state index contributed by atoms with van der Waals surface area (Å²) in [6.45, 7) is 3.08. The highest BCUT2D eigenvalue weighted by Gasteiger charge is 2.18. The maximum Gasteiger partial charge on any atom is 0.130 e. The molecular weight excluding hydrogens is 370 g/mol. The predicted molar refractivity (Wildman–Crippen MR) is 113 cm³/mol. The molecule has 0 atom stereocenters. The average Bonchev–Trinajstić information content (AvgIpc) is 3.28. The minimum Gasteiger partial charge on any atom is -0.378 e. The van der Waals surface area contributed by atoms with Gasteiger partial charge in [0, 0.05) is 35.8 Å². The fraction of sp³-hybridized carbons (Fsp3) is 0.190. The molecule has 6 nitrogen and oxygen atoms in total. The Hall–Kier alpha value is -2.90. The number of anilines is 1. The summed E-state index contributed by atoms with van der Waals surface area (Å²) in [5.74, 6) is 0.939. The SMILES string of the molecule is Sc1ccc(-c2cc(N3CCOCC3)nc3c(-c4ccn[nH]4)nccc23)cc1. The van der Waals surface area contributed by atoms with Gasteiger partial charge in [0.15, 0.2) is 0 Å². The van der Waals surface area contributed by atoms with Gasteiger partial charge in [-0.25, -0.2) is 4.98 Å². The Balaban J connectivity index is 1.76. The third-order valence-corrected chi connectivity index (χ3v) is 5.28. The summed E-state index contributed by atoms with van der Waals surface area (Å²) in [6, 6.07) is 14.3. The van der Waals surface area contributed by atoms with E-state index in [1.165, 1.54) is 0 Å². The predicted octanol–water partition coefficient (Wildman–Crippen LogP) is 3.81.